The number of anilines is 1. The molecule has 110 valence electrons. The highest BCUT2D eigenvalue weighted by atomic mass is 19.4. The second-order valence-electron chi connectivity index (χ2n) is 4.07. The number of aromatic nitrogens is 2. The summed E-state index contributed by atoms with van der Waals surface area (Å²) >= 11 is 0. The van der Waals surface area contributed by atoms with Gasteiger partial charge >= 0.3 is 11.9 Å². The summed E-state index contributed by atoms with van der Waals surface area (Å²) in [5.41, 5.74) is -0.363. The zero-order valence-electron chi connectivity index (χ0n) is 10.5. The minimum absolute atomic E-state index is 0.153. The third-order valence-electron chi connectivity index (χ3n) is 2.58. The van der Waals surface area contributed by atoms with E-state index >= 15 is 0 Å². The molecule has 0 aliphatic heterocycles. The number of hydrogen-bond donors (Lipinski definition) is 1. The third kappa shape index (κ3) is 3.88. The molecule has 0 saturated heterocycles. The number of nitrogens with one attached hydrogen (secondary N) is 1. The molecule has 0 spiro atoms. The van der Waals surface area contributed by atoms with E-state index in [9.17, 15) is 23.3 Å². The number of rotatable bonds is 4. The molecule has 6 nitrogen and oxygen atoms in total. The molecule has 0 unspecified atom stereocenters. The Bertz CT molecular complexity index is 626. The number of nitrogens with zero attached hydrogens (tertiary/aromatic N) is 3. The quantitative estimate of drug-likeness (QED) is 0.693. The van der Waals surface area contributed by atoms with Crippen LogP contribution in [0.3, 0.4) is 0 Å². The number of nitro groups is 1. The molecular weight excluding hydrogens is 289 g/mol. The molecule has 0 bridgehead atoms. The van der Waals surface area contributed by atoms with Crippen LogP contribution in [0.15, 0.2) is 36.7 Å². The van der Waals surface area contributed by atoms with E-state index in [4.69, 9.17) is 0 Å². The topological polar surface area (TPSA) is 81.0 Å². The number of benzene rings is 1. The van der Waals surface area contributed by atoms with Crippen molar-refractivity contribution in [3.8, 4) is 0 Å². The number of hydrogen-bond acceptors (Lipinski definition) is 5. The van der Waals surface area contributed by atoms with Crippen molar-refractivity contribution in [1.82, 2.24) is 9.97 Å². The van der Waals surface area contributed by atoms with Crippen molar-refractivity contribution in [2.45, 2.75) is 12.7 Å². The predicted octanol–water partition coefficient (Wildman–Crippen LogP) is 3.02. The van der Waals surface area contributed by atoms with Crippen LogP contribution >= 0.6 is 0 Å². The van der Waals surface area contributed by atoms with Crippen molar-refractivity contribution >= 4 is 11.6 Å². The number of alkyl halides is 3. The molecule has 0 aliphatic carbocycles. The average Bonchev–Trinajstić information content (AvgIpc) is 2.45. The zero-order valence-corrected chi connectivity index (χ0v) is 10.5. The van der Waals surface area contributed by atoms with Crippen molar-refractivity contribution in [2.75, 3.05) is 5.32 Å². The molecule has 1 aromatic carbocycles. The summed E-state index contributed by atoms with van der Waals surface area (Å²) in [7, 11) is 0. The Balaban J connectivity index is 1.98. The van der Waals surface area contributed by atoms with Gasteiger partial charge in [-0.1, -0.05) is 12.1 Å². The summed E-state index contributed by atoms with van der Waals surface area (Å²) in [5.74, 6) is 0.153. The first-order valence-electron chi connectivity index (χ1n) is 5.73. The van der Waals surface area contributed by atoms with E-state index in [2.05, 4.69) is 15.3 Å². The van der Waals surface area contributed by atoms with E-state index in [0.29, 0.717) is 5.56 Å². The lowest BCUT2D eigenvalue weighted by Crippen LogP contribution is -2.06. The summed E-state index contributed by atoms with van der Waals surface area (Å²) in [4.78, 5) is 17.2. The summed E-state index contributed by atoms with van der Waals surface area (Å²) in [5, 5.41) is 13.2. The third-order valence-corrected chi connectivity index (χ3v) is 2.58. The van der Waals surface area contributed by atoms with Crippen LogP contribution in [0.2, 0.25) is 0 Å². The average molecular weight is 298 g/mol. The van der Waals surface area contributed by atoms with E-state index in [-0.39, 0.29) is 18.2 Å². The van der Waals surface area contributed by atoms with Gasteiger partial charge in [0.25, 0.3) is 0 Å². The maximum Gasteiger partial charge on any atom is 0.416 e. The Kier molecular flexibility index (Phi) is 4.01. The van der Waals surface area contributed by atoms with Gasteiger partial charge in [0.15, 0.2) is 0 Å². The van der Waals surface area contributed by atoms with Gasteiger partial charge in [0.05, 0.1) is 10.5 Å². The lowest BCUT2D eigenvalue weighted by Gasteiger charge is -2.08. The molecule has 1 N–H and O–H groups in total. The van der Waals surface area contributed by atoms with Gasteiger partial charge in [-0.15, -0.1) is 0 Å². The molecule has 0 radical (unpaired) electrons. The van der Waals surface area contributed by atoms with Crippen LogP contribution in [0.5, 0.6) is 0 Å². The fourth-order valence-electron chi connectivity index (χ4n) is 1.50. The van der Waals surface area contributed by atoms with Crippen molar-refractivity contribution in [1.29, 1.82) is 0 Å². The Hall–Kier alpha value is -2.71. The van der Waals surface area contributed by atoms with Gasteiger partial charge in [0.2, 0.25) is 5.95 Å². The highest BCUT2D eigenvalue weighted by Crippen LogP contribution is 2.29. The molecule has 2 aromatic rings. The summed E-state index contributed by atoms with van der Waals surface area (Å²) in [6, 6.07) is 4.63. The van der Waals surface area contributed by atoms with Gasteiger partial charge in [0, 0.05) is 6.54 Å². The summed E-state index contributed by atoms with van der Waals surface area (Å²) < 4.78 is 37.1. The van der Waals surface area contributed by atoms with Crippen LogP contribution in [-0.4, -0.2) is 14.9 Å². The molecule has 0 saturated carbocycles. The second-order valence-corrected chi connectivity index (χ2v) is 4.07. The predicted molar refractivity (Wildman–Crippen MR) is 67.5 cm³/mol. The zero-order chi connectivity index (χ0) is 15.5. The molecule has 0 aliphatic rings. The molecule has 0 atom stereocenters. The largest absolute Gasteiger partial charge is 0.416 e. The summed E-state index contributed by atoms with van der Waals surface area (Å²) in [6.45, 7) is 0.204. The van der Waals surface area contributed by atoms with E-state index < -0.39 is 16.7 Å². The Morgan fingerprint density at radius 1 is 1.14 bits per heavy atom. The first-order valence-corrected chi connectivity index (χ1v) is 5.73. The standard InChI is InChI=1S/C12H9F3N4O2/c13-12(14,15)9-3-1-8(2-4-9)5-16-11-17-6-10(7-18-11)19(20)21/h1-4,6-7H,5H2,(H,16,17,18). The van der Waals surface area contributed by atoms with Gasteiger partial charge in [-0.25, -0.2) is 9.97 Å². The van der Waals surface area contributed by atoms with Gasteiger partial charge in [-0.05, 0) is 17.7 Å². The Morgan fingerprint density at radius 3 is 2.19 bits per heavy atom. The lowest BCUT2D eigenvalue weighted by molar-refractivity contribution is -0.385. The van der Waals surface area contributed by atoms with Crippen molar-refractivity contribution < 1.29 is 18.1 Å². The lowest BCUT2D eigenvalue weighted by atomic mass is 10.1. The van der Waals surface area contributed by atoms with E-state index in [0.717, 1.165) is 24.5 Å². The normalized spacial score (nSPS) is 11.2. The van der Waals surface area contributed by atoms with E-state index in [1.807, 2.05) is 0 Å². The van der Waals surface area contributed by atoms with Crippen LogP contribution in [-0.2, 0) is 12.7 Å². The van der Waals surface area contributed by atoms with Gasteiger partial charge in [-0.2, -0.15) is 13.2 Å². The van der Waals surface area contributed by atoms with Gasteiger partial charge in [-0.3, -0.25) is 10.1 Å². The molecule has 21 heavy (non-hydrogen) atoms. The van der Waals surface area contributed by atoms with Crippen LogP contribution in [0.1, 0.15) is 11.1 Å². The molecular formula is C12H9F3N4O2. The highest BCUT2D eigenvalue weighted by molar-refractivity contribution is 5.33. The molecule has 2 rings (SSSR count). The monoisotopic (exact) mass is 298 g/mol. The molecule has 0 fully saturated rings. The van der Waals surface area contributed by atoms with Crippen LogP contribution in [0.4, 0.5) is 24.8 Å². The van der Waals surface area contributed by atoms with Crippen molar-refractivity contribution in [2.24, 2.45) is 0 Å². The molecule has 9 heteroatoms. The van der Waals surface area contributed by atoms with E-state index in [1.165, 1.54) is 12.1 Å². The minimum Gasteiger partial charge on any atom is -0.350 e. The van der Waals surface area contributed by atoms with E-state index in [1.54, 1.807) is 0 Å². The van der Waals surface area contributed by atoms with Crippen LogP contribution in [0.25, 0.3) is 0 Å². The first-order chi connectivity index (χ1) is 9.86. The smallest absolute Gasteiger partial charge is 0.350 e. The first kappa shape index (κ1) is 14.7. The highest BCUT2D eigenvalue weighted by Gasteiger charge is 2.29. The van der Waals surface area contributed by atoms with Crippen LogP contribution in [0, 0.1) is 10.1 Å². The second kappa shape index (κ2) is 5.73. The maximum atomic E-state index is 12.4. The van der Waals surface area contributed by atoms with Gasteiger partial charge < -0.3 is 5.32 Å². The fourth-order valence-corrected chi connectivity index (χ4v) is 1.50. The van der Waals surface area contributed by atoms with Gasteiger partial charge in [0.1, 0.15) is 12.4 Å². The molecule has 1 heterocycles. The Labute approximate surface area is 116 Å². The fraction of sp³-hybridized carbons (Fsp3) is 0.167. The number of halogens is 3. The molecule has 1 aromatic heterocycles. The summed E-state index contributed by atoms with van der Waals surface area (Å²) in [6.07, 6.45) is -2.28. The minimum atomic E-state index is -4.37. The SMILES string of the molecule is O=[N+]([O-])c1cnc(NCc2ccc(C(F)(F)F)cc2)nc1. The Morgan fingerprint density at radius 2 is 1.71 bits per heavy atom. The molecule has 0 amide bonds. The maximum absolute atomic E-state index is 12.4. The van der Waals surface area contributed by atoms with Crippen molar-refractivity contribution in [3.63, 3.8) is 0 Å². The van der Waals surface area contributed by atoms with Crippen molar-refractivity contribution in [3.05, 3.63) is 57.9 Å². The van der Waals surface area contributed by atoms with Crippen LogP contribution < -0.4 is 5.32 Å².